The van der Waals surface area contributed by atoms with Crippen molar-refractivity contribution in [2.45, 2.75) is 52.2 Å². The Morgan fingerprint density at radius 1 is 1.39 bits per heavy atom. The molecule has 1 aliphatic heterocycles. The minimum Gasteiger partial charge on any atom is -0.366 e. The number of rotatable bonds is 6. The molecule has 6 heteroatoms. The highest BCUT2D eigenvalue weighted by atomic mass is 16.5. The summed E-state index contributed by atoms with van der Waals surface area (Å²) in [7, 11) is 0. The zero-order chi connectivity index (χ0) is 16.9. The largest absolute Gasteiger partial charge is 0.366 e. The smallest absolute Gasteiger partial charge is 0.246 e. The first-order valence-electron chi connectivity index (χ1n) is 8.28. The molecule has 1 atom stereocenters. The minimum absolute atomic E-state index is 0.0674. The van der Waals surface area contributed by atoms with Crippen molar-refractivity contribution < 1.29 is 9.53 Å². The topological polar surface area (TPSA) is 67.4 Å². The normalized spacial score (nSPS) is 19.0. The van der Waals surface area contributed by atoms with E-state index in [1.54, 1.807) is 0 Å². The van der Waals surface area contributed by atoms with Crippen molar-refractivity contribution >= 4 is 5.91 Å². The maximum absolute atomic E-state index is 11.8. The van der Waals surface area contributed by atoms with Gasteiger partial charge in [-0.05, 0) is 52.6 Å². The predicted molar refractivity (Wildman–Crippen MR) is 89.0 cm³/mol. The second kappa shape index (κ2) is 7.84. The highest BCUT2D eigenvalue weighted by molar-refractivity contribution is 5.77. The Kier molecular flexibility index (Phi) is 6.07. The Bertz CT molecular complexity index is 510. The Labute approximate surface area is 138 Å². The van der Waals surface area contributed by atoms with Gasteiger partial charge >= 0.3 is 0 Å². The second-order valence-electron chi connectivity index (χ2n) is 7.06. The van der Waals surface area contributed by atoms with E-state index >= 15 is 0 Å². The highest BCUT2D eigenvalue weighted by Gasteiger charge is 2.27. The summed E-state index contributed by atoms with van der Waals surface area (Å²) in [6.07, 6.45) is 5.95. The van der Waals surface area contributed by atoms with Crippen LogP contribution in [-0.2, 0) is 9.53 Å². The molecule has 1 aromatic heterocycles. The van der Waals surface area contributed by atoms with Crippen molar-refractivity contribution in [3.8, 4) is 0 Å². The standard InChI is InChI=1S/C17H28N4O2/c1-13-10-19-16(20-11-13)14-6-5-8-21(14)9-7-18-15(22)12-23-17(2,3)4/h10-11,14H,5-9,12H2,1-4H3,(H,18,22). The van der Waals surface area contributed by atoms with Crippen LogP contribution in [0.15, 0.2) is 12.4 Å². The first-order valence-corrected chi connectivity index (χ1v) is 8.28. The van der Waals surface area contributed by atoms with Crippen LogP contribution in [-0.4, -0.2) is 52.6 Å². The van der Waals surface area contributed by atoms with Gasteiger partial charge in [-0.25, -0.2) is 9.97 Å². The van der Waals surface area contributed by atoms with Crippen molar-refractivity contribution in [3.63, 3.8) is 0 Å². The van der Waals surface area contributed by atoms with Gasteiger partial charge in [-0.15, -0.1) is 0 Å². The summed E-state index contributed by atoms with van der Waals surface area (Å²) in [4.78, 5) is 23.0. The Morgan fingerprint density at radius 2 is 2.09 bits per heavy atom. The Hall–Kier alpha value is -1.53. The molecule has 2 heterocycles. The molecule has 6 nitrogen and oxygen atoms in total. The minimum atomic E-state index is -0.292. The number of carbonyl (C=O) groups is 1. The number of aromatic nitrogens is 2. The maximum atomic E-state index is 11.8. The van der Waals surface area contributed by atoms with Crippen LogP contribution in [0.5, 0.6) is 0 Å². The molecule has 0 saturated carbocycles. The Balaban J connectivity index is 1.76. The van der Waals surface area contributed by atoms with Crippen molar-refractivity contribution in [2.24, 2.45) is 0 Å². The molecule has 0 spiro atoms. The fraction of sp³-hybridized carbons (Fsp3) is 0.706. The van der Waals surface area contributed by atoms with Gasteiger partial charge in [-0.3, -0.25) is 9.69 Å². The van der Waals surface area contributed by atoms with Crippen molar-refractivity contribution in [2.75, 3.05) is 26.2 Å². The molecule has 0 aliphatic carbocycles. The van der Waals surface area contributed by atoms with Gasteiger partial charge in [0.2, 0.25) is 5.91 Å². The van der Waals surface area contributed by atoms with Gasteiger partial charge in [-0.1, -0.05) is 0 Å². The van der Waals surface area contributed by atoms with Gasteiger partial charge in [0.25, 0.3) is 0 Å². The fourth-order valence-corrected chi connectivity index (χ4v) is 2.63. The zero-order valence-electron chi connectivity index (χ0n) is 14.6. The molecule has 1 aliphatic rings. The number of likely N-dealkylation sites (tertiary alicyclic amines) is 1. The number of aryl methyl sites for hydroxylation is 1. The number of amides is 1. The molecule has 128 valence electrons. The van der Waals surface area contributed by atoms with E-state index in [-0.39, 0.29) is 24.2 Å². The van der Waals surface area contributed by atoms with Crippen LogP contribution >= 0.6 is 0 Å². The fourth-order valence-electron chi connectivity index (χ4n) is 2.63. The van der Waals surface area contributed by atoms with Crippen LogP contribution in [0, 0.1) is 6.92 Å². The molecule has 1 fully saturated rings. The Morgan fingerprint density at radius 3 is 2.74 bits per heavy atom. The van der Waals surface area contributed by atoms with Gasteiger partial charge in [0.1, 0.15) is 12.4 Å². The van der Waals surface area contributed by atoms with Crippen LogP contribution in [0.3, 0.4) is 0 Å². The molecule has 1 N–H and O–H groups in total. The number of hydrogen-bond acceptors (Lipinski definition) is 5. The van der Waals surface area contributed by atoms with E-state index in [2.05, 4.69) is 20.2 Å². The predicted octanol–water partition coefficient (Wildman–Crippen LogP) is 1.85. The third kappa shape index (κ3) is 5.88. The summed E-state index contributed by atoms with van der Waals surface area (Å²) < 4.78 is 5.47. The lowest BCUT2D eigenvalue weighted by molar-refractivity contribution is -0.130. The molecule has 1 amide bonds. The lowest BCUT2D eigenvalue weighted by atomic mass is 10.2. The lowest BCUT2D eigenvalue weighted by Crippen LogP contribution is -2.38. The summed E-state index contributed by atoms with van der Waals surface area (Å²) in [6.45, 7) is 10.4. The van der Waals surface area contributed by atoms with Crippen LogP contribution in [0.25, 0.3) is 0 Å². The number of ether oxygens (including phenoxy) is 1. The van der Waals surface area contributed by atoms with Gasteiger partial charge in [0.05, 0.1) is 11.6 Å². The summed E-state index contributed by atoms with van der Waals surface area (Å²) in [5, 5.41) is 2.92. The number of carbonyl (C=O) groups excluding carboxylic acids is 1. The van der Waals surface area contributed by atoms with E-state index in [0.29, 0.717) is 6.54 Å². The molecule has 1 unspecified atom stereocenters. The molecular weight excluding hydrogens is 292 g/mol. The van der Waals surface area contributed by atoms with Gasteiger partial charge in [0, 0.05) is 25.5 Å². The van der Waals surface area contributed by atoms with Crippen molar-refractivity contribution in [3.05, 3.63) is 23.8 Å². The highest BCUT2D eigenvalue weighted by Crippen LogP contribution is 2.28. The number of nitrogens with one attached hydrogen (secondary N) is 1. The first kappa shape index (κ1) is 17.8. The summed E-state index contributed by atoms with van der Waals surface area (Å²) in [5.74, 6) is 0.817. The van der Waals surface area contributed by atoms with E-state index in [1.165, 1.54) is 0 Å². The van der Waals surface area contributed by atoms with E-state index in [9.17, 15) is 4.79 Å². The molecular formula is C17H28N4O2. The maximum Gasteiger partial charge on any atom is 0.246 e. The first-order chi connectivity index (χ1) is 10.8. The van der Waals surface area contributed by atoms with Gasteiger partial charge in [-0.2, -0.15) is 0 Å². The van der Waals surface area contributed by atoms with E-state index in [0.717, 1.165) is 37.3 Å². The molecule has 0 radical (unpaired) electrons. The molecule has 1 saturated heterocycles. The molecule has 2 rings (SSSR count). The van der Waals surface area contributed by atoms with Crippen molar-refractivity contribution in [1.29, 1.82) is 0 Å². The molecule has 23 heavy (non-hydrogen) atoms. The summed E-state index contributed by atoms with van der Waals surface area (Å²) >= 11 is 0. The van der Waals surface area contributed by atoms with Gasteiger partial charge in [0.15, 0.2) is 0 Å². The van der Waals surface area contributed by atoms with E-state index < -0.39 is 0 Å². The third-order valence-electron chi connectivity index (χ3n) is 3.82. The average molecular weight is 320 g/mol. The summed E-state index contributed by atoms with van der Waals surface area (Å²) in [5.41, 5.74) is 0.782. The van der Waals surface area contributed by atoms with Gasteiger partial charge < -0.3 is 10.1 Å². The quantitative estimate of drug-likeness (QED) is 0.866. The number of hydrogen-bond donors (Lipinski definition) is 1. The monoisotopic (exact) mass is 320 g/mol. The number of nitrogens with zero attached hydrogens (tertiary/aromatic N) is 3. The van der Waals surface area contributed by atoms with E-state index in [1.807, 2.05) is 40.1 Å². The molecule has 0 bridgehead atoms. The van der Waals surface area contributed by atoms with Crippen LogP contribution in [0.1, 0.15) is 51.0 Å². The third-order valence-corrected chi connectivity index (χ3v) is 3.82. The summed E-state index contributed by atoms with van der Waals surface area (Å²) in [6, 6.07) is 0.262. The SMILES string of the molecule is Cc1cnc(C2CCCN2CCNC(=O)COC(C)(C)C)nc1. The van der Waals surface area contributed by atoms with Crippen LogP contribution in [0.2, 0.25) is 0 Å². The lowest BCUT2D eigenvalue weighted by Gasteiger charge is -2.23. The van der Waals surface area contributed by atoms with Crippen molar-refractivity contribution in [1.82, 2.24) is 20.2 Å². The second-order valence-corrected chi connectivity index (χ2v) is 7.06. The molecule has 1 aromatic rings. The van der Waals surface area contributed by atoms with E-state index in [4.69, 9.17) is 4.74 Å². The molecule has 0 aromatic carbocycles. The van der Waals surface area contributed by atoms with Crippen LogP contribution in [0.4, 0.5) is 0 Å². The average Bonchev–Trinajstić information content (AvgIpc) is 2.94. The zero-order valence-corrected chi connectivity index (χ0v) is 14.6. The van der Waals surface area contributed by atoms with Crippen LogP contribution < -0.4 is 5.32 Å².